The van der Waals surface area contributed by atoms with Gasteiger partial charge in [-0.2, -0.15) is 4.98 Å². The molecule has 1 N–H and O–H groups in total. The van der Waals surface area contributed by atoms with Gasteiger partial charge in [0.2, 0.25) is 5.82 Å². The zero-order chi connectivity index (χ0) is 14.8. The number of methoxy groups -OCH3 is 1. The van der Waals surface area contributed by atoms with Crippen LogP contribution in [0.2, 0.25) is 0 Å². The molecule has 106 valence electrons. The van der Waals surface area contributed by atoms with Gasteiger partial charge in [0.1, 0.15) is 0 Å². The molecular formula is C16H14N2O3. The van der Waals surface area contributed by atoms with Crippen LogP contribution >= 0.6 is 0 Å². The van der Waals surface area contributed by atoms with Crippen molar-refractivity contribution in [1.29, 1.82) is 0 Å². The van der Waals surface area contributed by atoms with Crippen molar-refractivity contribution in [1.82, 2.24) is 10.1 Å². The molecule has 0 aliphatic heterocycles. The number of hydrogen-bond acceptors (Lipinski definition) is 5. The van der Waals surface area contributed by atoms with E-state index in [2.05, 4.69) is 10.1 Å². The van der Waals surface area contributed by atoms with Gasteiger partial charge in [0.25, 0.3) is 5.89 Å². The Kier molecular flexibility index (Phi) is 3.31. The number of aryl methyl sites for hydroxylation is 1. The molecule has 3 aromatic rings. The summed E-state index contributed by atoms with van der Waals surface area (Å²) in [6, 6.07) is 12.7. The van der Waals surface area contributed by atoms with Crippen molar-refractivity contribution < 1.29 is 14.4 Å². The van der Waals surface area contributed by atoms with E-state index in [1.165, 1.54) is 13.2 Å². The zero-order valence-electron chi connectivity index (χ0n) is 11.7. The minimum Gasteiger partial charge on any atom is -0.504 e. The average Bonchev–Trinajstić information content (AvgIpc) is 2.98. The minimum atomic E-state index is 0.0693. The third kappa shape index (κ3) is 2.45. The number of benzene rings is 2. The summed E-state index contributed by atoms with van der Waals surface area (Å²) in [6.45, 7) is 1.99. The van der Waals surface area contributed by atoms with Crippen LogP contribution in [0.15, 0.2) is 47.0 Å². The fourth-order valence-electron chi connectivity index (χ4n) is 2.08. The van der Waals surface area contributed by atoms with Gasteiger partial charge >= 0.3 is 0 Å². The molecule has 0 atom stereocenters. The first-order chi connectivity index (χ1) is 10.2. The van der Waals surface area contributed by atoms with Crippen molar-refractivity contribution >= 4 is 0 Å². The van der Waals surface area contributed by atoms with Gasteiger partial charge in [-0.1, -0.05) is 29.4 Å². The van der Waals surface area contributed by atoms with Crippen molar-refractivity contribution in [2.45, 2.75) is 6.92 Å². The molecule has 0 spiro atoms. The molecule has 1 aromatic heterocycles. The van der Waals surface area contributed by atoms with Gasteiger partial charge < -0.3 is 14.4 Å². The summed E-state index contributed by atoms with van der Waals surface area (Å²) in [5, 5.41) is 13.6. The first kappa shape index (κ1) is 13.2. The van der Waals surface area contributed by atoms with E-state index in [-0.39, 0.29) is 5.75 Å². The van der Waals surface area contributed by atoms with E-state index in [4.69, 9.17) is 9.26 Å². The molecule has 2 aromatic carbocycles. The van der Waals surface area contributed by atoms with Crippen LogP contribution in [0.1, 0.15) is 5.56 Å². The fraction of sp³-hybridized carbons (Fsp3) is 0.125. The van der Waals surface area contributed by atoms with Crippen LogP contribution in [0, 0.1) is 6.92 Å². The predicted octanol–water partition coefficient (Wildman–Crippen LogP) is 3.43. The standard InChI is InChI=1S/C16H14N2O3/c1-10-5-3-4-6-12(10)15-17-16(21-18-15)11-7-8-13(19)14(9-11)20-2/h3-9,19H,1-2H3. The molecule has 0 amide bonds. The molecule has 0 fully saturated rings. The molecular weight excluding hydrogens is 268 g/mol. The Labute approximate surface area is 121 Å². The van der Waals surface area contributed by atoms with Crippen LogP contribution < -0.4 is 4.74 Å². The highest BCUT2D eigenvalue weighted by atomic mass is 16.5. The van der Waals surface area contributed by atoms with Crippen LogP contribution in [-0.2, 0) is 0 Å². The lowest BCUT2D eigenvalue weighted by Crippen LogP contribution is -1.86. The third-order valence-corrected chi connectivity index (χ3v) is 3.24. The van der Waals surface area contributed by atoms with Crippen LogP contribution in [0.3, 0.4) is 0 Å². The van der Waals surface area contributed by atoms with Crippen molar-refractivity contribution in [3.8, 4) is 34.3 Å². The van der Waals surface area contributed by atoms with Crippen LogP contribution in [0.5, 0.6) is 11.5 Å². The number of rotatable bonds is 3. The number of aromatic nitrogens is 2. The molecule has 0 unspecified atom stereocenters. The molecule has 0 aliphatic rings. The molecule has 21 heavy (non-hydrogen) atoms. The summed E-state index contributed by atoms with van der Waals surface area (Å²) in [5.74, 6) is 1.35. The summed E-state index contributed by atoms with van der Waals surface area (Å²) >= 11 is 0. The van der Waals surface area contributed by atoms with Gasteiger partial charge in [0.15, 0.2) is 11.5 Å². The topological polar surface area (TPSA) is 68.4 Å². The quantitative estimate of drug-likeness (QED) is 0.797. The van der Waals surface area contributed by atoms with E-state index in [0.717, 1.165) is 11.1 Å². The van der Waals surface area contributed by atoms with Gasteiger partial charge in [0, 0.05) is 11.1 Å². The van der Waals surface area contributed by atoms with E-state index in [0.29, 0.717) is 23.0 Å². The van der Waals surface area contributed by atoms with E-state index < -0.39 is 0 Å². The second kappa shape index (κ2) is 5.28. The van der Waals surface area contributed by atoms with Crippen molar-refractivity contribution in [3.63, 3.8) is 0 Å². The van der Waals surface area contributed by atoms with Crippen LogP contribution in [0.25, 0.3) is 22.8 Å². The van der Waals surface area contributed by atoms with Crippen molar-refractivity contribution in [3.05, 3.63) is 48.0 Å². The molecule has 3 rings (SSSR count). The minimum absolute atomic E-state index is 0.0693. The molecule has 0 bridgehead atoms. The Morgan fingerprint density at radius 3 is 2.71 bits per heavy atom. The Morgan fingerprint density at radius 2 is 1.95 bits per heavy atom. The highest BCUT2D eigenvalue weighted by Crippen LogP contribution is 2.31. The maximum absolute atomic E-state index is 9.61. The Morgan fingerprint density at radius 1 is 1.14 bits per heavy atom. The van der Waals surface area contributed by atoms with E-state index in [1.54, 1.807) is 12.1 Å². The molecule has 5 heteroatoms. The Balaban J connectivity index is 2.01. The number of aromatic hydroxyl groups is 1. The van der Waals surface area contributed by atoms with Gasteiger partial charge in [-0.25, -0.2) is 0 Å². The summed E-state index contributed by atoms with van der Waals surface area (Å²) in [4.78, 5) is 4.40. The summed E-state index contributed by atoms with van der Waals surface area (Å²) < 4.78 is 10.4. The van der Waals surface area contributed by atoms with Crippen molar-refractivity contribution in [2.24, 2.45) is 0 Å². The monoisotopic (exact) mass is 282 g/mol. The fourth-order valence-corrected chi connectivity index (χ4v) is 2.08. The van der Waals surface area contributed by atoms with Crippen LogP contribution in [0.4, 0.5) is 0 Å². The smallest absolute Gasteiger partial charge is 0.258 e. The zero-order valence-corrected chi connectivity index (χ0v) is 11.7. The number of nitrogens with zero attached hydrogens (tertiary/aromatic N) is 2. The van der Waals surface area contributed by atoms with E-state index >= 15 is 0 Å². The second-order valence-electron chi connectivity index (χ2n) is 4.62. The molecule has 0 saturated heterocycles. The maximum Gasteiger partial charge on any atom is 0.258 e. The van der Waals surface area contributed by atoms with E-state index in [9.17, 15) is 5.11 Å². The molecule has 0 aliphatic carbocycles. The lowest BCUT2D eigenvalue weighted by molar-refractivity contribution is 0.373. The number of phenolic OH excluding ortho intramolecular Hbond substituents is 1. The summed E-state index contributed by atoms with van der Waals surface area (Å²) in [7, 11) is 1.49. The third-order valence-electron chi connectivity index (χ3n) is 3.24. The number of phenols is 1. The van der Waals surface area contributed by atoms with Crippen molar-refractivity contribution in [2.75, 3.05) is 7.11 Å². The molecule has 0 radical (unpaired) electrons. The largest absolute Gasteiger partial charge is 0.504 e. The number of ether oxygens (including phenoxy) is 1. The normalized spacial score (nSPS) is 10.6. The Bertz CT molecular complexity index is 781. The average molecular weight is 282 g/mol. The maximum atomic E-state index is 9.61. The Hall–Kier alpha value is -2.82. The first-order valence-corrected chi connectivity index (χ1v) is 6.46. The van der Waals surface area contributed by atoms with Gasteiger partial charge in [0.05, 0.1) is 7.11 Å². The lowest BCUT2D eigenvalue weighted by atomic mass is 10.1. The van der Waals surface area contributed by atoms with Gasteiger partial charge in [-0.15, -0.1) is 0 Å². The summed E-state index contributed by atoms with van der Waals surface area (Å²) in [5.41, 5.74) is 2.70. The SMILES string of the molecule is COc1cc(-c2nc(-c3ccccc3C)no2)ccc1O. The molecule has 0 saturated carbocycles. The first-order valence-electron chi connectivity index (χ1n) is 6.46. The highest BCUT2D eigenvalue weighted by Gasteiger charge is 2.13. The van der Waals surface area contributed by atoms with Crippen LogP contribution in [-0.4, -0.2) is 22.4 Å². The summed E-state index contributed by atoms with van der Waals surface area (Å²) in [6.07, 6.45) is 0. The van der Waals surface area contributed by atoms with Gasteiger partial charge in [-0.3, -0.25) is 0 Å². The second-order valence-corrected chi connectivity index (χ2v) is 4.62. The predicted molar refractivity (Wildman–Crippen MR) is 78.1 cm³/mol. The lowest BCUT2D eigenvalue weighted by Gasteiger charge is -2.03. The number of hydrogen-bond donors (Lipinski definition) is 1. The van der Waals surface area contributed by atoms with E-state index in [1.807, 2.05) is 31.2 Å². The van der Waals surface area contributed by atoms with Gasteiger partial charge in [-0.05, 0) is 30.7 Å². The molecule has 5 nitrogen and oxygen atoms in total. The molecule has 1 heterocycles. The highest BCUT2D eigenvalue weighted by molar-refractivity contribution is 5.64.